The molecule has 1 aliphatic carbocycles. The van der Waals surface area contributed by atoms with Crippen LogP contribution in [0.15, 0.2) is 30.3 Å². The van der Waals surface area contributed by atoms with Gasteiger partial charge in [-0.15, -0.1) is 11.8 Å². The lowest BCUT2D eigenvalue weighted by Crippen LogP contribution is -2.40. The number of hydrogen-bond donors (Lipinski definition) is 2. The molecule has 0 heterocycles. The Bertz CT molecular complexity index is 444. The zero-order valence-electron chi connectivity index (χ0n) is 11.4. The molecule has 0 bridgehead atoms. The van der Waals surface area contributed by atoms with Gasteiger partial charge >= 0.3 is 6.03 Å². The van der Waals surface area contributed by atoms with E-state index in [1.54, 1.807) is 11.8 Å². The second-order valence-electron chi connectivity index (χ2n) is 4.93. The molecule has 0 saturated heterocycles. The van der Waals surface area contributed by atoms with Crippen LogP contribution in [-0.4, -0.2) is 22.9 Å². The Morgan fingerprint density at radius 3 is 2.55 bits per heavy atom. The summed E-state index contributed by atoms with van der Waals surface area (Å²) in [5.74, 6) is 0.149. The molecule has 0 radical (unpaired) electrons. The average Bonchev–Trinajstić information content (AvgIpc) is 2.97. The average molecular weight is 292 g/mol. The van der Waals surface area contributed by atoms with Gasteiger partial charge in [0.15, 0.2) is 0 Å². The van der Waals surface area contributed by atoms with Gasteiger partial charge in [0, 0.05) is 11.8 Å². The van der Waals surface area contributed by atoms with Gasteiger partial charge in [0.05, 0.1) is 5.75 Å². The number of hydrogen-bond acceptors (Lipinski definition) is 3. The van der Waals surface area contributed by atoms with Crippen molar-refractivity contribution >= 4 is 23.7 Å². The molecule has 1 aromatic rings. The normalized spacial score (nSPS) is 15.0. The third-order valence-electron chi connectivity index (χ3n) is 3.30. The van der Waals surface area contributed by atoms with Crippen molar-refractivity contribution in [2.75, 3.05) is 5.75 Å². The van der Waals surface area contributed by atoms with Crippen molar-refractivity contribution in [1.29, 1.82) is 0 Å². The first-order chi connectivity index (χ1) is 9.74. The fourth-order valence-corrected chi connectivity index (χ4v) is 3.36. The number of carbonyl (C=O) groups excluding carboxylic acids is 2. The highest BCUT2D eigenvalue weighted by Crippen LogP contribution is 2.28. The molecule has 3 amide bonds. The van der Waals surface area contributed by atoms with Gasteiger partial charge in [0.2, 0.25) is 5.91 Å². The summed E-state index contributed by atoms with van der Waals surface area (Å²) < 4.78 is 0. The smallest absolute Gasteiger partial charge is 0.321 e. The molecule has 0 atom stereocenters. The number of benzene rings is 1. The van der Waals surface area contributed by atoms with E-state index in [1.807, 2.05) is 30.3 Å². The maximum absolute atomic E-state index is 11.6. The summed E-state index contributed by atoms with van der Waals surface area (Å²) in [6.45, 7) is 0.426. The van der Waals surface area contributed by atoms with E-state index >= 15 is 0 Å². The van der Waals surface area contributed by atoms with E-state index < -0.39 is 6.03 Å². The number of urea groups is 1. The fraction of sp³-hybridized carbons (Fsp3) is 0.467. The molecule has 0 unspecified atom stereocenters. The van der Waals surface area contributed by atoms with E-state index in [9.17, 15) is 9.59 Å². The van der Waals surface area contributed by atoms with Crippen LogP contribution in [0.2, 0.25) is 0 Å². The number of nitrogens with one attached hydrogen (secondary N) is 2. The molecular weight excluding hydrogens is 272 g/mol. The molecule has 2 rings (SSSR count). The quantitative estimate of drug-likeness (QED) is 0.877. The lowest BCUT2D eigenvalue weighted by atomic mass is 10.2. The van der Waals surface area contributed by atoms with Crippen LogP contribution < -0.4 is 10.6 Å². The second kappa shape index (κ2) is 7.94. The highest BCUT2D eigenvalue weighted by molar-refractivity contribution is 8.00. The third-order valence-corrected chi connectivity index (χ3v) is 4.67. The molecule has 4 nitrogen and oxygen atoms in total. The monoisotopic (exact) mass is 292 g/mol. The van der Waals surface area contributed by atoms with E-state index in [1.165, 1.54) is 25.7 Å². The van der Waals surface area contributed by atoms with Crippen LogP contribution in [0.3, 0.4) is 0 Å². The van der Waals surface area contributed by atoms with E-state index in [-0.39, 0.29) is 5.91 Å². The first-order valence-electron chi connectivity index (χ1n) is 6.97. The fourth-order valence-electron chi connectivity index (χ4n) is 2.23. The van der Waals surface area contributed by atoms with Gasteiger partial charge in [-0.3, -0.25) is 10.1 Å². The first-order valence-corrected chi connectivity index (χ1v) is 8.02. The standard InChI is InChI=1S/C15H20N2O2S/c18-14(11-20-13-8-4-5-9-13)17-15(19)16-10-12-6-2-1-3-7-12/h1-3,6-7,13H,4-5,8-11H2,(H2,16,17,18,19). The SMILES string of the molecule is O=C(CSC1CCCC1)NC(=O)NCc1ccccc1. The first kappa shape index (κ1) is 14.9. The molecule has 2 N–H and O–H groups in total. The van der Waals surface area contributed by atoms with Gasteiger partial charge in [-0.25, -0.2) is 4.79 Å². The Morgan fingerprint density at radius 2 is 1.85 bits per heavy atom. The minimum Gasteiger partial charge on any atom is -0.334 e. The lowest BCUT2D eigenvalue weighted by Gasteiger charge is -2.09. The van der Waals surface area contributed by atoms with E-state index in [4.69, 9.17) is 0 Å². The van der Waals surface area contributed by atoms with Crippen LogP contribution in [0.25, 0.3) is 0 Å². The molecule has 1 fully saturated rings. The molecular formula is C15H20N2O2S. The zero-order valence-corrected chi connectivity index (χ0v) is 12.2. The minimum atomic E-state index is -0.425. The van der Waals surface area contributed by atoms with Gasteiger partial charge in [0.1, 0.15) is 0 Å². The molecule has 1 saturated carbocycles. The summed E-state index contributed by atoms with van der Waals surface area (Å²) in [6, 6.07) is 9.19. The Hall–Kier alpha value is -1.49. The minimum absolute atomic E-state index is 0.215. The summed E-state index contributed by atoms with van der Waals surface area (Å²) in [6.07, 6.45) is 4.91. The van der Waals surface area contributed by atoms with Crippen LogP contribution in [0, 0.1) is 0 Å². The molecule has 1 aromatic carbocycles. The van der Waals surface area contributed by atoms with Gasteiger partial charge in [-0.1, -0.05) is 43.2 Å². The number of rotatable bonds is 5. The highest BCUT2D eigenvalue weighted by Gasteiger charge is 2.17. The summed E-state index contributed by atoms with van der Waals surface area (Å²) in [7, 11) is 0. The Labute approximate surface area is 123 Å². The van der Waals surface area contributed by atoms with E-state index in [0.717, 1.165) is 5.56 Å². The number of amides is 3. The van der Waals surface area contributed by atoms with Gasteiger partial charge in [-0.05, 0) is 18.4 Å². The second-order valence-corrected chi connectivity index (χ2v) is 6.22. The highest BCUT2D eigenvalue weighted by atomic mass is 32.2. The predicted octanol–water partition coefficient (Wildman–Crippen LogP) is 2.69. The number of carbonyl (C=O) groups is 2. The van der Waals surface area contributed by atoms with Crippen molar-refractivity contribution in [2.45, 2.75) is 37.5 Å². The molecule has 1 aliphatic rings. The van der Waals surface area contributed by atoms with E-state index in [2.05, 4.69) is 10.6 Å². The molecule has 5 heteroatoms. The predicted molar refractivity (Wildman–Crippen MR) is 81.5 cm³/mol. The van der Waals surface area contributed by atoms with Gasteiger partial charge in [-0.2, -0.15) is 0 Å². The van der Waals surface area contributed by atoms with Crippen LogP contribution >= 0.6 is 11.8 Å². The maximum Gasteiger partial charge on any atom is 0.321 e. The third kappa shape index (κ3) is 5.25. The van der Waals surface area contributed by atoms with Crippen LogP contribution in [0.5, 0.6) is 0 Å². The molecule has 0 aromatic heterocycles. The van der Waals surface area contributed by atoms with Crippen molar-refractivity contribution in [1.82, 2.24) is 10.6 Å². The Kier molecular flexibility index (Phi) is 5.92. The Balaban J connectivity index is 1.62. The maximum atomic E-state index is 11.6. The van der Waals surface area contributed by atoms with Crippen molar-refractivity contribution in [3.05, 3.63) is 35.9 Å². The van der Waals surface area contributed by atoms with Crippen molar-refractivity contribution in [3.63, 3.8) is 0 Å². The zero-order chi connectivity index (χ0) is 14.2. The van der Waals surface area contributed by atoms with Gasteiger partial charge < -0.3 is 5.32 Å². The Morgan fingerprint density at radius 1 is 1.15 bits per heavy atom. The number of imide groups is 1. The molecule has 20 heavy (non-hydrogen) atoms. The molecule has 0 aliphatic heterocycles. The van der Waals surface area contributed by atoms with Crippen LogP contribution in [0.1, 0.15) is 31.2 Å². The van der Waals surface area contributed by atoms with Crippen molar-refractivity contribution in [3.8, 4) is 0 Å². The van der Waals surface area contributed by atoms with Crippen LogP contribution in [-0.2, 0) is 11.3 Å². The summed E-state index contributed by atoms with van der Waals surface area (Å²) in [5, 5.41) is 5.63. The summed E-state index contributed by atoms with van der Waals surface area (Å²) >= 11 is 1.66. The van der Waals surface area contributed by atoms with Gasteiger partial charge in [0.25, 0.3) is 0 Å². The largest absolute Gasteiger partial charge is 0.334 e. The molecule has 108 valence electrons. The van der Waals surface area contributed by atoms with E-state index in [0.29, 0.717) is 17.5 Å². The lowest BCUT2D eigenvalue weighted by molar-refractivity contribution is -0.117. The topological polar surface area (TPSA) is 58.2 Å². The van der Waals surface area contributed by atoms with Crippen molar-refractivity contribution in [2.24, 2.45) is 0 Å². The summed E-state index contributed by atoms with van der Waals surface area (Å²) in [4.78, 5) is 23.2. The van der Waals surface area contributed by atoms with Crippen molar-refractivity contribution < 1.29 is 9.59 Å². The summed E-state index contributed by atoms with van der Waals surface area (Å²) in [5.41, 5.74) is 1.01. The number of thioether (sulfide) groups is 1. The van der Waals surface area contributed by atoms with Crippen LogP contribution in [0.4, 0.5) is 4.79 Å². The molecule has 0 spiro atoms.